The van der Waals surface area contributed by atoms with Gasteiger partial charge in [0.2, 0.25) is 6.04 Å². The van der Waals surface area contributed by atoms with Crippen molar-refractivity contribution in [1.29, 1.82) is 5.26 Å². The lowest BCUT2D eigenvalue weighted by Crippen LogP contribution is -2.30. The van der Waals surface area contributed by atoms with Gasteiger partial charge in [-0.2, -0.15) is 20.5 Å². The zero-order chi connectivity index (χ0) is 14.7. The minimum atomic E-state index is -1.04. The summed E-state index contributed by atoms with van der Waals surface area (Å²) in [5, 5.41) is 29.5. The summed E-state index contributed by atoms with van der Waals surface area (Å²) in [5.74, 6) is -0.425. The summed E-state index contributed by atoms with van der Waals surface area (Å²) in [7, 11) is 0. The zero-order valence-corrected chi connectivity index (χ0v) is 11.3. The third-order valence-corrected chi connectivity index (χ3v) is 3.21. The molecule has 0 N–H and O–H groups in total. The Balaban J connectivity index is 1.88. The van der Waals surface area contributed by atoms with Crippen LogP contribution in [0.25, 0.3) is 0 Å². The fourth-order valence-electron chi connectivity index (χ4n) is 1.70. The van der Waals surface area contributed by atoms with Gasteiger partial charge < -0.3 is 0 Å². The second kappa shape index (κ2) is 5.56. The van der Waals surface area contributed by atoms with Gasteiger partial charge in [-0.25, -0.2) is 0 Å². The Morgan fingerprint density at radius 1 is 1.33 bits per heavy atom. The lowest BCUT2D eigenvalue weighted by atomic mass is 10.2. The predicted octanol–water partition coefficient (Wildman–Crippen LogP) is 1.92. The maximum Gasteiger partial charge on any atom is 0.281 e. The van der Waals surface area contributed by atoms with Crippen molar-refractivity contribution in [2.45, 2.75) is 6.04 Å². The SMILES string of the molecule is N#CC1=NN(c2ccccc2)C(=O)C1N=Nc1nncs1. The van der Waals surface area contributed by atoms with Crippen molar-refractivity contribution < 1.29 is 4.79 Å². The Morgan fingerprint density at radius 2 is 2.14 bits per heavy atom. The Hall–Kier alpha value is -2.99. The van der Waals surface area contributed by atoms with Gasteiger partial charge in [-0.3, -0.25) is 4.79 Å². The normalized spacial score (nSPS) is 18.0. The van der Waals surface area contributed by atoms with Gasteiger partial charge >= 0.3 is 0 Å². The quantitative estimate of drug-likeness (QED) is 0.806. The third kappa shape index (κ3) is 2.52. The van der Waals surface area contributed by atoms with E-state index in [-0.39, 0.29) is 5.71 Å². The Labute approximate surface area is 123 Å². The van der Waals surface area contributed by atoms with Crippen molar-refractivity contribution in [2.24, 2.45) is 15.3 Å². The number of para-hydroxylation sites is 1. The van der Waals surface area contributed by atoms with Gasteiger partial charge in [-0.15, -0.1) is 15.3 Å². The summed E-state index contributed by atoms with van der Waals surface area (Å²) < 4.78 is 0. The molecule has 2 heterocycles. The Kier molecular flexibility index (Phi) is 3.44. The monoisotopic (exact) mass is 297 g/mol. The highest BCUT2D eigenvalue weighted by Crippen LogP contribution is 2.23. The maximum absolute atomic E-state index is 12.3. The second-order valence-electron chi connectivity index (χ2n) is 3.92. The molecule has 2 aromatic rings. The van der Waals surface area contributed by atoms with Gasteiger partial charge in [0, 0.05) is 0 Å². The molecule has 1 aliphatic rings. The van der Waals surface area contributed by atoms with Gasteiger partial charge in [0.05, 0.1) is 5.69 Å². The topological polar surface area (TPSA) is 107 Å². The number of carbonyl (C=O) groups excluding carboxylic acids is 1. The largest absolute Gasteiger partial charge is 0.281 e. The smallest absolute Gasteiger partial charge is 0.269 e. The molecule has 3 rings (SSSR count). The van der Waals surface area contributed by atoms with Gasteiger partial charge in [0.15, 0.2) is 5.71 Å². The minimum absolute atomic E-state index is 0.00267. The first kappa shape index (κ1) is 13.0. The van der Waals surface area contributed by atoms with Crippen molar-refractivity contribution in [1.82, 2.24) is 10.2 Å². The highest BCUT2D eigenvalue weighted by Gasteiger charge is 2.37. The number of amides is 1. The molecule has 1 amide bonds. The maximum atomic E-state index is 12.3. The number of carbonyl (C=O) groups is 1. The molecule has 8 nitrogen and oxygen atoms in total. The van der Waals surface area contributed by atoms with E-state index in [1.165, 1.54) is 16.8 Å². The van der Waals surface area contributed by atoms with Crippen molar-refractivity contribution in [3.8, 4) is 6.07 Å². The molecule has 1 atom stereocenters. The number of hydrogen-bond donors (Lipinski definition) is 0. The average molecular weight is 297 g/mol. The van der Waals surface area contributed by atoms with Gasteiger partial charge in [-0.1, -0.05) is 29.5 Å². The summed E-state index contributed by atoms with van der Waals surface area (Å²) in [6.07, 6.45) is 0. The van der Waals surface area contributed by atoms with Crippen LogP contribution >= 0.6 is 11.3 Å². The fourth-order valence-corrected chi connectivity index (χ4v) is 2.08. The summed E-state index contributed by atoms with van der Waals surface area (Å²) >= 11 is 1.18. The first-order valence-electron chi connectivity index (χ1n) is 5.84. The zero-order valence-electron chi connectivity index (χ0n) is 10.5. The molecule has 1 aromatic heterocycles. The van der Waals surface area contributed by atoms with Crippen molar-refractivity contribution in [3.63, 3.8) is 0 Å². The van der Waals surface area contributed by atoms with Gasteiger partial charge in [0.25, 0.3) is 11.0 Å². The van der Waals surface area contributed by atoms with Crippen LogP contribution in [0.3, 0.4) is 0 Å². The molecular formula is C12H7N7OS. The number of nitrogens with zero attached hydrogens (tertiary/aromatic N) is 7. The standard InChI is InChI=1S/C12H7N7OS/c13-6-9-10(15-17-12-16-14-7-21-12)11(20)19(18-9)8-4-2-1-3-5-8/h1-5,7,10H. The van der Waals surface area contributed by atoms with E-state index in [0.717, 1.165) is 5.01 Å². The number of nitriles is 1. The molecule has 0 spiro atoms. The van der Waals surface area contributed by atoms with E-state index in [9.17, 15) is 4.79 Å². The molecule has 1 aromatic carbocycles. The number of rotatable bonds is 3. The van der Waals surface area contributed by atoms with Crippen LogP contribution in [0.1, 0.15) is 0 Å². The molecule has 0 fully saturated rings. The summed E-state index contributed by atoms with van der Waals surface area (Å²) in [6, 6.07) is 9.66. The number of azo groups is 1. The Bertz CT molecular complexity index is 748. The summed E-state index contributed by atoms with van der Waals surface area (Å²) in [6.45, 7) is 0. The van der Waals surface area contributed by atoms with Crippen LogP contribution in [0, 0.1) is 11.3 Å². The van der Waals surface area contributed by atoms with E-state index in [1.807, 2.05) is 12.1 Å². The first-order valence-corrected chi connectivity index (χ1v) is 6.72. The third-order valence-electron chi connectivity index (χ3n) is 2.63. The van der Waals surface area contributed by atoms with E-state index in [2.05, 4.69) is 25.5 Å². The summed E-state index contributed by atoms with van der Waals surface area (Å²) in [4.78, 5) is 12.3. The van der Waals surface area contributed by atoms with Gasteiger partial charge in [-0.05, 0) is 12.1 Å². The van der Waals surface area contributed by atoms with E-state index >= 15 is 0 Å². The molecule has 1 aliphatic heterocycles. The van der Waals surface area contributed by atoms with E-state index in [1.54, 1.807) is 24.3 Å². The van der Waals surface area contributed by atoms with Crippen LogP contribution in [-0.4, -0.2) is 27.9 Å². The highest BCUT2D eigenvalue weighted by molar-refractivity contribution is 7.13. The number of anilines is 1. The van der Waals surface area contributed by atoms with E-state index in [4.69, 9.17) is 5.26 Å². The molecule has 0 radical (unpaired) electrons. The van der Waals surface area contributed by atoms with Crippen LogP contribution in [-0.2, 0) is 4.79 Å². The number of hydrazone groups is 1. The number of aromatic nitrogens is 2. The van der Waals surface area contributed by atoms with E-state index in [0.29, 0.717) is 10.8 Å². The van der Waals surface area contributed by atoms with Crippen LogP contribution in [0.4, 0.5) is 10.8 Å². The fraction of sp³-hybridized carbons (Fsp3) is 0.0833. The molecule has 9 heteroatoms. The van der Waals surface area contributed by atoms with E-state index < -0.39 is 11.9 Å². The molecule has 21 heavy (non-hydrogen) atoms. The van der Waals surface area contributed by atoms with Crippen LogP contribution in [0.5, 0.6) is 0 Å². The predicted molar refractivity (Wildman–Crippen MR) is 75.2 cm³/mol. The minimum Gasteiger partial charge on any atom is -0.269 e. The van der Waals surface area contributed by atoms with Crippen LogP contribution < -0.4 is 5.01 Å². The van der Waals surface area contributed by atoms with Crippen LogP contribution in [0.2, 0.25) is 0 Å². The molecule has 102 valence electrons. The molecule has 0 saturated carbocycles. The second-order valence-corrected chi connectivity index (χ2v) is 4.73. The molecule has 0 aliphatic carbocycles. The lowest BCUT2D eigenvalue weighted by molar-refractivity contribution is -0.117. The number of benzene rings is 1. The lowest BCUT2D eigenvalue weighted by Gasteiger charge is -2.11. The van der Waals surface area contributed by atoms with Crippen molar-refractivity contribution >= 4 is 33.8 Å². The van der Waals surface area contributed by atoms with Gasteiger partial charge in [0.1, 0.15) is 11.6 Å². The van der Waals surface area contributed by atoms with Crippen LogP contribution in [0.15, 0.2) is 51.2 Å². The molecular weight excluding hydrogens is 290 g/mol. The molecule has 0 bridgehead atoms. The Morgan fingerprint density at radius 3 is 2.81 bits per heavy atom. The summed E-state index contributed by atoms with van der Waals surface area (Å²) in [5.41, 5.74) is 2.07. The average Bonchev–Trinajstić information content (AvgIpc) is 3.14. The first-order chi connectivity index (χ1) is 10.3. The highest BCUT2D eigenvalue weighted by atomic mass is 32.1. The molecule has 0 saturated heterocycles. The number of hydrogen-bond acceptors (Lipinski definition) is 8. The van der Waals surface area contributed by atoms with Crippen molar-refractivity contribution in [3.05, 3.63) is 35.8 Å². The molecule has 1 unspecified atom stereocenters. The van der Waals surface area contributed by atoms with Crippen molar-refractivity contribution in [2.75, 3.05) is 5.01 Å².